The Hall–Kier alpha value is -1.34. The van der Waals surface area contributed by atoms with Crippen molar-refractivity contribution in [2.75, 3.05) is 5.73 Å². The number of nitrogens with two attached hydrogens (primary N) is 1. The molecule has 5 nitrogen and oxygen atoms in total. The summed E-state index contributed by atoms with van der Waals surface area (Å²) in [5, 5.41) is 6.36. The Morgan fingerprint density at radius 2 is 2.09 bits per heavy atom. The van der Waals surface area contributed by atoms with E-state index in [1.807, 2.05) is 18.4 Å². The van der Waals surface area contributed by atoms with Crippen LogP contribution in [0.1, 0.15) is 45.4 Å². The second-order valence-corrected chi connectivity index (χ2v) is 8.19. The lowest BCUT2D eigenvalue weighted by atomic mass is 10.1. The number of carbonyl (C=O) groups excluding carboxylic acids is 1. The predicted octanol–water partition coefficient (Wildman–Crippen LogP) is 3.59. The van der Waals surface area contributed by atoms with Gasteiger partial charge in [-0.15, -0.1) is 11.3 Å². The number of nitrogen functional groups attached to an aromatic ring is 1. The SMILES string of the molecule is C[C@H](Sc1nc(N)c2ccsc2n1)C(=O)NC1CCCCCC1. The van der Waals surface area contributed by atoms with Gasteiger partial charge < -0.3 is 11.1 Å². The molecule has 1 fully saturated rings. The third-order valence-electron chi connectivity index (χ3n) is 4.19. The first-order chi connectivity index (χ1) is 11.1. The topological polar surface area (TPSA) is 80.9 Å². The molecule has 0 aromatic carbocycles. The van der Waals surface area contributed by atoms with Crippen LogP contribution in [0.5, 0.6) is 0 Å². The first kappa shape index (κ1) is 16.5. The summed E-state index contributed by atoms with van der Waals surface area (Å²) in [5.41, 5.74) is 5.96. The van der Waals surface area contributed by atoms with Crippen molar-refractivity contribution in [2.45, 2.75) is 61.9 Å². The molecule has 0 radical (unpaired) electrons. The summed E-state index contributed by atoms with van der Waals surface area (Å²) in [4.78, 5) is 22.1. The van der Waals surface area contributed by atoms with E-state index in [9.17, 15) is 4.79 Å². The Balaban J connectivity index is 1.62. The Morgan fingerprint density at radius 3 is 2.83 bits per heavy atom. The number of hydrogen-bond donors (Lipinski definition) is 2. The van der Waals surface area contributed by atoms with Crippen LogP contribution in [0, 0.1) is 0 Å². The summed E-state index contributed by atoms with van der Waals surface area (Å²) in [6, 6.07) is 2.24. The molecule has 1 atom stereocenters. The number of hydrogen-bond acceptors (Lipinski definition) is 6. The molecule has 7 heteroatoms. The summed E-state index contributed by atoms with van der Waals surface area (Å²) in [6.07, 6.45) is 7.17. The molecule has 0 aliphatic heterocycles. The van der Waals surface area contributed by atoms with Crippen LogP contribution in [-0.4, -0.2) is 27.2 Å². The molecule has 2 aromatic rings. The zero-order valence-electron chi connectivity index (χ0n) is 13.2. The van der Waals surface area contributed by atoms with Gasteiger partial charge in [0.15, 0.2) is 5.16 Å². The van der Waals surface area contributed by atoms with E-state index < -0.39 is 0 Å². The number of aromatic nitrogens is 2. The number of fused-ring (bicyclic) bond motifs is 1. The summed E-state index contributed by atoms with van der Waals surface area (Å²) < 4.78 is 0. The van der Waals surface area contributed by atoms with Crippen LogP contribution in [0.3, 0.4) is 0 Å². The van der Waals surface area contributed by atoms with E-state index in [2.05, 4.69) is 15.3 Å². The van der Waals surface area contributed by atoms with Crippen LogP contribution < -0.4 is 11.1 Å². The fourth-order valence-corrected chi connectivity index (χ4v) is 4.48. The maximum absolute atomic E-state index is 12.4. The highest BCUT2D eigenvalue weighted by Gasteiger charge is 2.21. The molecule has 0 unspecified atom stereocenters. The molecule has 0 saturated heterocycles. The summed E-state index contributed by atoms with van der Waals surface area (Å²) in [5.74, 6) is 0.547. The third-order valence-corrected chi connectivity index (χ3v) is 5.95. The molecule has 1 aliphatic rings. The van der Waals surface area contributed by atoms with Crippen molar-refractivity contribution in [3.63, 3.8) is 0 Å². The minimum absolute atomic E-state index is 0.0651. The highest BCUT2D eigenvalue weighted by Crippen LogP contribution is 2.28. The first-order valence-corrected chi connectivity index (χ1v) is 9.87. The minimum atomic E-state index is -0.227. The molecule has 3 rings (SSSR count). The number of carbonyl (C=O) groups is 1. The van der Waals surface area contributed by atoms with Gasteiger partial charge in [-0.1, -0.05) is 37.4 Å². The molecule has 1 saturated carbocycles. The largest absolute Gasteiger partial charge is 0.383 e. The van der Waals surface area contributed by atoms with E-state index in [4.69, 9.17) is 5.73 Å². The summed E-state index contributed by atoms with van der Waals surface area (Å²) in [6.45, 7) is 1.90. The van der Waals surface area contributed by atoms with Crippen molar-refractivity contribution in [3.05, 3.63) is 11.4 Å². The van der Waals surface area contributed by atoms with Gasteiger partial charge in [0.2, 0.25) is 5.91 Å². The van der Waals surface area contributed by atoms with Crippen LogP contribution in [-0.2, 0) is 4.79 Å². The van der Waals surface area contributed by atoms with E-state index in [1.165, 1.54) is 48.8 Å². The Morgan fingerprint density at radius 1 is 1.35 bits per heavy atom. The molecule has 2 aromatic heterocycles. The monoisotopic (exact) mass is 350 g/mol. The molecule has 0 spiro atoms. The van der Waals surface area contributed by atoms with Crippen molar-refractivity contribution in [1.82, 2.24) is 15.3 Å². The fourth-order valence-electron chi connectivity index (χ4n) is 2.86. The maximum Gasteiger partial charge on any atom is 0.233 e. The van der Waals surface area contributed by atoms with Crippen LogP contribution in [0.2, 0.25) is 0 Å². The second kappa shape index (κ2) is 7.49. The quantitative estimate of drug-likeness (QED) is 0.500. The van der Waals surface area contributed by atoms with Crippen molar-refractivity contribution < 1.29 is 4.79 Å². The zero-order valence-corrected chi connectivity index (χ0v) is 14.9. The van der Waals surface area contributed by atoms with E-state index in [0.717, 1.165) is 23.1 Å². The first-order valence-electron chi connectivity index (χ1n) is 8.11. The number of nitrogens with one attached hydrogen (secondary N) is 1. The van der Waals surface area contributed by atoms with Gasteiger partial charge in [0.1, 0.15) is 10.6 Å². The number of anilines is 1. The average molecular weight is 351 g/mol. The highest BCUT2D eigenvalue weighted by molar-refractivity contribution is 8.00. The fraction of sp³-hybridized carbons (Fsp3) is 0.562. The van der Waals surface area contributed by atoms with Gasteiger partial charge >= 0.3 is 0 Å². The van der Waals surface area contributed by atoms with Gasteiger partial charge in [0, 0.05) is 6.04 Å². The van der Waals surface area contributed by atoms with Gasteiger partial charge in [-0.2, -0.15) is 0 Å². The number of rotatable bonds is 4. The van der Waals surface area contributed by atoms with Gasteiger partial charge in [0.05, 0.1) is 10.6 Å². The molecular weight excluding hydrogens is 328 g/mol. The minimum Gasteiger partial charge on any atom is -0.383 e. The third kappa shape index (κ3) is 4.14. The standard InChI is InChI=1S/C16H22N4OS2/c1-10(14(21)18-11-6-4-2-3-5-7-11)23-16-19-13(17)12-8-9-22-15(12)20-16/h8-11H,2-7H2,1H3,(H,18,21)(H2,17,19,20)/t10-/m0/s1. The second-order valence-electron chi connectivity index (χ2n) is 5.99. The number of thiophene rings is 1. The van der Waals surface area contributed by atoms with Crippen molar-refractivity contribution >= 4 is 45.0 Å². The van der Waals surface area contributed by atoms with E-state index >= 15 is 0 Å². The van der Waals surface area contributed by atoms with Gasteiger partial charge in [0.25, 0.3) is 0 Å². The molecule has 3 N–H and O–H groups in total. The lowest BCUT2D eigenvalue weighted by molar-refractivity contribution is -0.121. The van der Waals surface area contributed by atoms with Gasteiger partial charge in [-0.25, -0.2) is 9.97 Å². The normalized spacial score (nSPS) is 17.8. The Kier molecular flexibility index (Phi) is 5.38. The molecule has 1 aliphatic carbocycles. The van der Waals surface area contributed by atoms with Crippen molar-refractivity contribution in [1.29, 1.82) is 0 Å². The Labute approximate surface area is 144 Å². The molecule has 1 amide bonds. The Bertz CT molecular complexity index is 680. The molecule has 124 valence electrons. The molecule has 23 heavy (non-hydrogen) atoms. The van der Waals surface area contributed by atoms with Crippen molar-refractivity contribution in [2.24, 2.45) is 0 Å². The number of amides is 1. The maximum atomic E-state index is 12.4. The highest BCUT2D eigenvalue weighted by atomic mass is 32.2. The summed E-state index contributed by atoms with van der Waals surface area (Å²) in [7, 11) is 0. The zero-order chi connectivity index (χ0) is 16.2. The lowest BCUT2D eigenvalue weighted by Crippen LogP contribution is -2.39. The predicted molar refractivity (Wildman–Crippen MR) is 96.8 cm³/mol. The molecule has 0 bridgehead atoms. The molecule has 2 heterocycles. The van der Waals surface area contributed by atoms with Crippen LogP contribution in [0.4, 0.5) is 5.82 Å². The summed E-state index contributed by atoms with van der Waals surface area (Å²) >= 11 is 2.91. The van der Waals surface area contributed by atoms with E-state index in [0.29, 0.717) is 17.0 Å². The van der Waals surface area contributed by atoms with E-state index in [1.54, 1.807) is 0 Å². The van der Waals surface area contributed by atoms with Crippen LogP contribution in [0.15, 0.2) is 16.6 Å². The lowest BCUT2D eigenvalue weighted by Gasteiger charge is -2.19. The van der Waals surface area contributed by atoms with Crippen LogP contribution in [0.25, 0.3) is 10.2 Å². The number of nitrogens with zero attached hydrogens (tertiary/aromatic N) is 2. The average Bonchev–Trinajstić information content (AvgIpc) is 2.85. The van der Waals surface area contributed by atoms with Gasteiger partial charge in [-0.3, -0.25) is 4.79 Å². The van der Waals surface area contributed by atoms with Crippen LogP contribution >= 0.6 is 23.1 Å². The number of thioether (sulfide) groups is 1. The van der Waals surface area contributed by atoms with E-state index in [-0.39, 0.29) is 11.2 Å². The smallest absolute Gasteiger partial charge is 0.233 e. The van der Waals surface area contributed by atoms with Gasteiger partial charge in [-0.05, 0) is 31.2 Å². The van der Waals surface area contributed by atoms with Crippen molar-refractivity contribution in [3.8, 4) is 0 Å². The molecular formula is C16H22N4OS2.